The molecule has 1 heterocycles. The van der Waals surface area contributed by atoms with E-state index in [1.165, 1.54) is 4.57 Å². The van der Waals surface area contributed by atoms with Gasteiger partial charge in [0.15, 0.2) is 0 Å². The van der Waals surface area contributed by atoms with Gasteiger partial charge < -0.3 is 20.7 Å². The summed E-state index contributed by atoms with van der Waals surface area (Å²) in [6.07, 6.45) is 1.59. The molecule has 3 aromatic rings. The molecule has 186 valence electrons. The highest BCUT2D eigenvalue weighted by atomic mass is 16.5. The van der Waals surface area contributed by atoms with Crippen molar-refractivity contribution in [2.24, 2.45) is 0 Å². The Labute approximate surface area is 204 Å². The summed E-state index contributed by atoms with van der Waals surface area (Å²) in [4.78, 5) is 41.9. The standard InChI is InChI=1S/C26H33N5O4/c1-3-4-14-31-24(27)23(25(33)29-26(31)34)30(17-20-10-6-5-7-11-20)18-22(32)28-13-15-35-21-12-8-9-19(2)16-21/h5-12,16H,3-4,13-15,17-18,27H2,1-2H3,(H,28,32)(H,29,33,34). The van der Waals surface area contributed by atoms with Gasteiger partial charge in [-0.25, -0.2) is 4.79 Å². The van der Waals surface area contributed by atoms with Crippen molar-refractivity contribution in [1.82, 2.24) is 14.9 Å². The molecular formula is C26H33N5O4. The number of ether oxygens (including phenoxy) is 1. The maximum Gasteiger partial charge on any atom is 0.330 e. The minimum atomic E-state index is -0.619. The van der Waals surface area contributed by atoms with Gasteiger partial charge >= 0.3 is 5.69 Å². The fraction of sp³-hybridized carbons (Fsp3) is 0.346. The Morgan fingerprint density at radius 2 is 1.91 bits per heavy atom. The number of aromatic amines is 1. The Balaban J connectivity index is 1.76. The summed E-state index contributed by atoms with van der Waals surface area (Å²) in [7, 11) is 0. The third-order valence-electron chi connectivity index (χ3n) is 5.50. The molecule has 9 nitrogen and oxygen atoms in total. The molecule has 0 unspecified atom stereocenters. The normalized spacial score (nSPS) is 10.7. The number of nitrogen functional groups attached to an aromatic ring is 1. The van der Waals surface area contributed by atoms with Crippen molar-refractivity contribution in [2.75, 3.05) is 30.3 Å². The Morgan fingerprint density at radius 3 is 2.63 bits per heavy atom. The van der Waals surface area contributed by atoms with Gasteiger partial charge in [0, 0.05) is 13.1 Å². The largest absolute Gasteiger partial charge is 0.492 e. The van der Waals surface area contributed by atoms with Crippen molar-refractivity contribution in [3.63, 3.8) is 0 Å². The molecule has 0 atom stereocenters. The lowest BCUT2D eigenvalue weighted by Crippen LogP contribution is -2.43. The van der Waals surface area contributed by atoms with Gasteiger partial charge in [-0.15, -0.1) is 0 Å². The minimum absolute atomic E-state index is 0.0544. The van der Waals surface area contributed by atoms with Crippen molar-refractivity contribution in [1.29, 1.82) is 0 Å². The summed E-state index contributed by atoms with van der Waals surface area (Å²) in [6, 6.07) is 17.1. The minimum Gasteiger partial charge on any atom is -0.492 e. The van der Waals surface area contributed by atoms with Crippen molar-refractivity contribution in [2.45, 2.75) is 39.8 Å². The van der Waals surface area contributed by atoms with E-state index in [1.54, 1.807) is 4.90 Å². The van der Waals surface area contributed by atoms with E-state index in [1.807, 2.05) is 68.4 Å². The lowest BCUT2D eigenvalue weighted by Gasteiger charge is -2.26. The fourth-order valence-electron chi connectivity index (χ4n) is 3.73. The lowest BCUT2D eigenvalue weighted by atomic mass is 10.2. The Kier molecular flexibility index (Phi) is 9.11. The molecular weight excluding hydrogens is 446 g/mol. The Morgan fingerprint density at radius 1 is 1.14 bits per heavy atom. The number of benzene rings is 2. The summed E-state index contributed by atoms with van der Waals surface area (Å²) >= 11 is 0. The average molecular weight is 480 g/mol. The molecule has 0 spiro atoms. The number of anilines is 2. The zero-order valence-corrected chi connectivity index (χ0v) is 20.3. The average Bonchev–Trinajstić information content (AvgIpc) is 2.82. The molecule has 0 fully saturated rings. The zero-order chi connectivity index (χ0) is 25.2. The molecule has 35 heavy (non-hydrogen) atoms. The van der Waals surface area contributed by atoms with Crippen LogP contribution in [0.1, 0.15) is 30.9 Å². The first-order valence-corrected chi connectivity index (χ1v) is 11.8. The van der Waals surface area contributed by atoms with Crippen molar-refractivity contribution < 1.29 is 9.53 Å². The van der Waals surface area contributed by atoms with E-state index in [9.17, 15) is 14.4 Å². The SMILES string of the molecule is CCCCn1c(N)c(N(CC(=O)NCCOc2cccc(C)c2)Cc2ccccc2)c(=O)[nH]c1=O. The topological polar surface area (TPSA) is 122 Å². The van der Waals surface area contributed by atoms with Crippen LogP contribution in [0.5, 0.6) is 5.75 Å². The Hall–Kier alpha value is -4.01. The number of rotatable bonds is 12. The number of hydrogen-bond acceptors (Lipinski definition) is 6. The third kappa shape index (κ3) is 7.23. The van der Waals surface area contributed by atoms with Crippen LogP contribution in [-0.4, -0.2) is 35.2 Å². The van der Waals surface area contributed by atoms with Crippen LogP contribution in [0.15, 0.2) is 64.2 Å². The first-order valence-electron chi connectivity index (χ1n) is 11.8. The summed E-state index contributed by atoms with van der Waals surface area (Å²) < 4.78 is 7.04. The van der Waals surface area contributed by atoms with E-state index in [-0.39, 0.29) is 30.5 Å². The van der Waals surface area contributed by atoms with E-state index < -0.39 is 11.2 Å². The first kappa shape index (κ1) is 25.6. The van der Waals surface area contributed by atoms with Crippen LogP contribution in [0.3, 0.4) is 0 Å². The maximum absolute atomic E-state index is 12.8. The predicted molar refractivity (Wildman–Crippen MR) is 138 cm³/mol. The quantitative estimate of drug-likeness (QED) is 0.343. The van der Waals surface area contributed by atoms with E-state index >= 15 is 0 Å². The van der Waals surface area contributed by atoms with Crippen molar-refractivity contribution in [3.05, 3.63) is 86.6 Å². The van der Waals surface area contributed by atoms with E-state index in [0.29, 0.717) is 19.7 Å². The molecule has 0 aliphatic carbocycles. The summed E-state index contributed by atoms with van der Waals surface area (Å²) in [6.45, 7) is 5.13. The molecule has 4 N–H and O–H groups in total. The number of carbonyl (C=O) groups excluding carboxylic acids is 1. The van der Waals surface area contributed by atoms with Gasteiger partial charge in [-0.05, 0) is 36.6 Å². The number of nitrogens with two attached hydrogens (primary N) is 1. The van der Waals surface area contributed by atoms with Crippen molar-refractivity contribution >= 4 is 17.4 Å². The van der Waals surface area contributed by atoms with Crippen LogP contribution in [0.2, 0.25) is 0 Å². The van der Waals surface area contributed by atoms with Crippen LogP contribution in [0.4, 0.5) is 11.5 Å². The van der Waals surface area contributed by atoms with Gasteiger partial charge in [-0.3, -0.25) is 19.1 Å². The number of aryl methyl sites for hydroxylation is 1. The van der Waals surface area contributed by atoms with E-state index in [2.05, 4.69) is 10.3 Å². The van der Waals surface area contributed by atoms with Gasteiger partial charge in [0.25, 0.3) is 5.56 Å². The van der Waals surface area contributed by atoms with Gasteiger partial charge in [0.1, 0.15) is 23.9 Å². The number of amides is 1. The molecule has 0 radical (unpaired) electrons. The second-order valence-electron chi connectivity index (χ2n) is 8.35. The second-order valence-corrected chi connectivity index (χ2v) is 8.35. The second kappa shape index (κ2) is 12.5. The molecule has 2 aromatic carbocycles. The Bertz CT molecular complexity index is 1240. The van der Waals surface area contributed by atoms with Crippen LogP contribution in [-0.2, 0) is 17.9 Å². The summed E-state index contributed by atoms with van der Waals surface area (Å²) in [5.41, 5.74) is 7.22. The number of aromatic nitrogens is 2. The number of hydrogen-bond donors (Lipinski definition) is 3. The van der Waals surface area contributed by atoms with E-state index in [4.69, 9.17) is 10.5 Å². The van der Waals surface area contributed by atoms with Crippen LogP contribution >= 0.6 is 0 Å². The van der Waals surface area contributed by atoms with E-state index in [0.717, 1.165) is 29.7 Å². The van der Waals surface area contributed by atoms with Crippen LogP contribution in [0.25, 0.3) is 0 Å². The highest BCUT2D eigenvalue weighted by Crippen LogP contribution is 2.19. The number of nitrogens with zero attached hydrogens (tertiary/aromatic N) is 2. The molecule has 0 aliphatic rings. The highest BCUT2D eigenvalue weighted by molar-refractivity contribution is 5.82. The number of carbonyl (C=O) groups is 1. The molecule has 9 heteroatoms. The monoisotopic (exact) mass is 479 g/mol. The number of H-pyrrole nitrogens is 1. The van der Waals surface area contributed by atoms with Crippen molar-refractivity contribution in [3.8, 4) is 5.75 Å². The highest BCUT2D eigenvalue weighted by Gasteiger charge is 2.21. The molecule has 0 saturated heterocycles. The fourth-order valence-corrected chi connectivity index (χ4v) is 3.73. The molecule has 1 aromatic heterocycles. The summed E-state index contributed by atoms with van der Waals surface area (Å²) in [5.74, 6) is 0.496. The summed E-state index contributed by atoms with van der Waals surface area (Å²) in [5, 5.41) is 2.83. The number of nitrogens with one attached hydrogen (secondary N) is 2. The van der Waals surface area contributed by atoms with Crippen LogP contribution < -0.4 is 31.9 Å². The maximum atomic E-state index is 12.8. The van der Waals surface area contributed by atoms with Crippen LogP contribution in [0, 0.1) is 6.92 Å². The van der Waals surface area contributed by atoms with Gasteiger partial charge in [-0.1, -0.05) is 55.8 Å². The van der Waals surface area contributed by atoms with Gasteiger partial charge in [0.2, 0.25) is 5.91 Å². The van der Waals surface area contributed by atoms with Gasteiger partial charge in [-0.2, -0.15) is 0 Å². The molecule has 1 amide bonds. The zero-order valence-electron chi connectivity index (χ0n) is 20.3. The smallest absolute Gasteiger partial charge is 0.330 e. The predicted octanol–water partition coefficient (Wildman–Crippen LogP) is 2.43. The first-order chi connectivity index (χ1) is 16.9. The molecule has 0 bridgehead atoms. The van der Waals surface area contributed by atoms with Gasteiger partial charge in [0.05, 0.1) is 13.1 Å². The number of unbranched alkanes of at least 4 members (excludes halogenated alkanes) is 1. The third-order valence-corrected chi connectivity index (χ3v) is 5.50. The molecule has 0 aliphatic heterocycles. The molecule has 0 saturated carbocycles. The molecule has 3 rings (SSSR count). The lowest BCUT2D eigenvalue weighted by molar-refractivity contribution is -0.119.